The highest BCUT2D eigenvalue weighted by Crippen LogP contribution is 2.28. The van der Waals surface area contributed by atoms with Gasteiger partial charge in [0.05, 0.1) is 30.1 Å². The molecule has 0 unspecified atom stereocenters. The van der Waals surface area contributed by atoms with Gasteiger partial charge in [0.15, 0.2) is 0 Å². The first-order valence-corrected chi connectivity index (χ1v) is 7.69. The normalized spacial score (nSPS) is 29.7. The van der Waals surface area contributed by atoms with E-state index < -0.39 is 0 Å². The molecule has 3 atom stereocenters. The summed E-state index contributed by atoms with van der Waals surface area (Å²) in [7, 11) is 0. The lowest BCUT2D eigenvalue weighted by Gasteiger charge is -2.45. The SMILES string of the molecule is CCN1C[C@@H]2CCCO[C@@H]2[C@H](NC(=O)c2ccnnc2)C1. The first-order valence-electron chi connectivity index (χ1n) is 7.69. The number of carbonyl (C=O) groups excluding carboxylic acids is 1. The van der Waals surface area contributed by atoms with Crippen LogP contribution in [0.4, 0.5) is 0 Å². The van der Waals surface area contributed by atoms with E-state index in [9.17, 15) is 4.79 Å². The maximum absolute atomic E-state index is 12.3. The molecular formula is C15H22N4O2. The zero-order valence-electron chi connectivity index (χ0n) is 12.4. The summed E-state index contributed by atoms with van der Waals surface area (Å²) in [6.07, 6.45) is 5.47. The van der Waals surface area contributed by atoms with Gasteiger partial charge in [-0.05, 0) is 31.4 Å². The molecule has 114 valence electrons. The molecule has 0 spiro atoms. The lowest BCUT2D eigenvalue weighted by atomic mass is 9.85. The number of nitrogens with one attached hydrogen (secondary N) is 1. The third-order valence-electron chi connectivity index (χ3n) is 4.45. The lowest BCUT2D eigenvalue weighted by Crippen LogP contribution is -2.61. The Morgan fingerprint density at radius 2 is 2.38 bits per heavy atom. The average molecular weight is 290 g/mol. The van der Waals surface area contributed by atoms with Gasteiger partial charge in [-0.25, -0.2) is 0 Å². The summed E-state index contributed by atoms with van der Waals surface area (Å²) < 4.78 is 5.95. The molecule has 1 amide bonds. The van der Waals surface area contributed by atoms with Crippen molar-refractivity contribution in [1.29, 1.82) is 0 Å². The van der Waals surface area contributed by atoms with E-state index in [1.807, 2.05) is 0 Å². The van der Waals surface area contributed by atoms with Gasteiger partial charge in [-0.1, -0.05) is 6.92 Å². The van der Waals surface area contributed by atoms with Crippen molar-refractivity contribution in [3.05, 3.63) is 24.0 Å². The topological polar surface area (TPSA) is 67.3 Å². The number of nitrogens with zero attached hydrogens (tertiary/aromatic N) is 3. The Hall–Kier alpha value is -1.53. The molecule has 6 nitrogen and oxygen atoms in total. The minimum absolute atomic E-state index is 0.0460. The average Bonchev–Trinajstić information content (AvgIpc) is 2.55. The minimum atomic E-state index is -0.0965. The molecule has 0 aliphatic carbocycles. The van der Waals surface area contributed by atoms with Gasteiger partial charge in [0, 0.05) is 19.7 Å². The third kappa shape index (κ3) is 3.22. The van der Waals surface area contributed by atoms with E-state index in [2.05, 4.69) is 27.3 Å². The summed E-state index contributed by atoms with van der Waals surface area (Å²) >= 11 is 0. The van der Waals surface area contributed by atoms with Gasteiger partial charge in [0.2, 0.25) is 0 Å². The van der Waals surface area contributed by atoms with E-state index in [1.54, 1.807) is 6.07 Å². The van der Waals surface area contributed by atoms with Crippen LogP contribution in [0.1, 0.15) is 30.1 Å². The number of likely N-dealkylation sites (tertiary alicyclic amines) is 1. The summed E-state index contributed by atoms with van der Waals surface area (Å²) in [4.78, 5) is 14.7. The molecule has 2 aliphatic heterocycles. The van der Waals surface area contributed by atoms with Crippen LogP contribution in [0.2, 0.25) is 0 Å². The second-order valence-electron chi connectivity index (χ2n) is 5.80. The second-order valence-corrected chi connectivity index (χ2v) is 5.80. The van der Waals surface area contributed by atoms with Crippen molar-refractivity contribution in [2.75, 3.05) is 26.2 Å². The number of fused-ring (bicyclic) bond motifs is 1. The van der Waals surface area contributed by atoms with Gasteiger partial charge < -0.3 is 15.0 Å². The molecule has 1 N–H and O–H groups in total. The number of aromatic nitrogens is 2. The molecule has 2 saturated heterocycles. The number of amides is 1. The molecule has 1 aromatic heterocycles. The van der Waals surface area contributed by atoms with Crippen molar-refractivity contribution in [2.24, 2.45) is 5.92 Å². The molecule has 0 radical (unpaired) electrons. The largest absolute Gasteiger partial charge is 0.376 e. The van der Waals surface area contributed by atoms with Gasteiger partial charge in [-0.3, -0.25) is 4.79 Å². The maximum Gasteiger partial charge on any atom is 0.253 e. The van der Waals surface area contributed by atoms with Gasteiger partial charge in [-0.15, -0.1) is 0 Å². The predicted molar refractivity (Wildman–Crippen MR) is 77.9 cm³/mol. The Balaban J connectivity index is 1.71. The molecule has 3 rings (SSSR count). The van der Waals surface area contributed by atoms with Gasteiger partial charge in [-0.2, -0.15) is 10.2 Å². The lowest BCUT2D eigenvalue weighted by molar-refractivity contribution is -0.0824. The zero-order valence-corrected chi connectivity index (χ0v) is 12.4. The number of hydrogen-bond donors (Lipinski definition) is 1. The van der Waals surface area contributed by atoms with E-state index in [0.717, 1.165) is 32.7 Å². The van der Waals surface area contributed by atoms with Gasteiger partial charge in [0.1, 0.15) is 0 Å². The Bertz CT molecular complexity index is 482. The fraction of sp³-hybridized carbons (Fsp3) is 0.667. The predicted octanol–water partition coefficient (Wildman–Crippen LogP) is 0.706. The second kappa shape index (κ2) is 6.49. The van der Waals surface area contributed by atoms with Crippen LogP contribution >= 0.6 is 0 Å². The summed E-state index contributed by atoms with van der Waals surface area (Å²) in [5.41, 5.74) is 0.547. The van der Waals surface area contributed by atoms with Crippen LogP contribution < -0.4 is 5.32 Å². The molecule has 2 fully saturated rings. The van der Waals surface area contributed by atoms with Gasteiger partial charge >= 0.3 is 0 Å². The maximum atomic E-state index is 12.3. The van der Waals surface area contributed by atoms with Crippen LogP contribution in [0.5, 0.6) is 0 Å². The van der Waals surface area contributed by atoms with E-state index in [0.29, 0.717) is 11.5 Å². The fourth-order valence-electron chi connectivity index (χ4n) is 3.36. The first kappa shape index (κ1) is 14.4. The molecule has 1 aromatic rings. The Kier molecular flexibility index (Phi) is 4.45. The minimum Gasteiger partial charge on any atom is -0.376 e. The molecule has 21 heavy (non-hydrogen) atoms. The highest BCUT2D eigenvalue weighted by Gasteiger charge is 2.39. The molecule has 0 aromatic carbocycles. The Morgan fingerprint density at radius 1 is 1.48 bits per heavy atom. The van der Waals surface area contributed by atoms with Crippen LogP contribution in [0.15, 0.2) is 18.5 Å². The number of likely N-dealkylation sites (N-methyl/N-ethyl adjacent to an activating group) is 1. The van der Waals surface area contributed by atoms with Crippen molar-refractivity contribution in [1.82, 2.24) is 20.4 Å². The summed E-state index contributed by atoms with van der Waals surface area (Å²) in [6.45, 7) is 5.89. The van der Waals surface area contributed by atoms with Crippen LogP contribution in [0.25, 0.3) is 0 Å². The monoisotopic (exact) mass is 290 g/mol. The zero-order chi connectivity index (χ0) is 14.7. The quantitative estimate of drug-likeness (QED) is 0.888. The molecule has 2 aliphatic rings. The highest BCUT2D eigenvalue weighted by atomic mass is 16.5. The molecule has 6 heteroatoms. The van der Waals surface area contributed by atoms with Crippen LogP contribution in [0, 0.1) is 5.92 Å². The summed E-state index contributed by atoms with van der Waals surface area (Å²) in [6, 6.07) is 1.73. The van der Waals surface area contributed by atoms with Crippen molar-refractivity contribution in [2.45, 2.75) is 31.9 Å². The Labute approximate surface area is 124 Å². The smallest absolute Gasteiger partial charge is 0.253 e. The standard InChI is InChI=1S/C15H22N4O2/c1-2-19-9-12-4-3-7-21-14(12)13(10-19)18-15(20)11-5-6-16-17-8-11/h5-6,8,12-14H,2-4,7,9-10H2,1H3,(H,18,20)/t12-,13+,14-/m0/s1. The van der Waals surface area contributed by atoms with E-state index in [4.69, 9.17) is 4.74 Å². The molecule has 0 saturated carbocycles. The molecule has 3 heterocycles. The van der Waals surface area contributed by atoms with Gasteiger partial charge in [0.25, 0.3) is 5.91 Å². The van der Waals surface area contributed by atoms with Crippen LogP contribution in [0.3, 0.4) is 0 Å². The molecular weight excluding hydrogens is 268 g/mol. The number of ether oxygens (including phenoxy) is 1. The highest BCUT2D eigenvalue weighted by molar-refractivity contribution is 5.94. The number of rotatable bonds is 3. The van der Waals surface area contributed by atoms with E-state index in [1.165, 1.54) is 18.8 Å². The summed E-state index contributed by atoms with van der Waals surface area (Å²) in [5.74, 6) is 0.425. The summed E-state index contributed by atoms with van der Waals surface area (Å²) in [5, 5.41) is 10.6. The Morgan fingerprint density at radius 3 is 3.14 bits per heavy atom. The van der Waals surface area contributed by atoms with Crippen molar-refractivity contribution in [3.63, 3.8) is 0 Å². The number of carbonyl (C=O) groups is 1. The van der Waals surface area contributed by atoms with E-state index >= 15 is 0 Å². The molecule has 0 bridgehead atoms. The number of hydrogen-bond acceptors (Lipinski definition) is 5. The van der Waals surface area contributed by atoms with E-state index in [-0.39, 0.29) is 18.1 Å². The fourth-order valence-corrected chi connectivity index (χ4v) is 3.36. The van der Waals surface area contributed by atoms with Crippen LogP contribution in [-0.4, -0.2) is 59.4 Å². The first-order chi connectivity index (χ1) is 10.3. The third-order valence-corrected chi connectivity index (χ3v) is 4.45. The van der Waals surface area contributed by atoms with Crippen molar-refractivity contribution >= 4 is 5.91 Å². The van der Waals surface area contributed by atoms with Crippen molar-refractivity contribution in [3.8, 4) is 0 Å². The van der Waals surface area contributed by atoms with Crippen LogP contribution in [-0.2, 0) is 4.74 Å². The number of piperidine rings is 1. The van der Waals surface area contributed by atoms with Crippen molar-refractivity contribution < 1.29 is 9.53 Å².